The Morgan fingerprint density at radius 2 is 2.09 bits per heavy atom. The number of amidine groups is 1. The number of hydrazone groups is 1. The number of carbonyl (C=O) groups is 1. The smallest absolute Gasteiger partial charge is 0.258 e. The molecule has 0 N–H and O–H groups in total. The van der Waals surface area contributed by atoms with Crippen LogP contribution < -0.4 is 4.74 Å². The third-order valence-electron chi connectivity index (χ3n) is 7.67. The predicted octanol–water partition coefficient (Wildman–Crippen LogP) is 3.73. The summed E-state index contributed by atoms with van der Waals surface area (Å²) in [5, 5.41) is 6.87. The minimum Gasteiger partial charge on any atom is -0.466 e. The molecular weight excluding hydrogens is 449 g/mol. The summed E-state index contributed by atoms with van der Waals surface area (Å²) in [6.45, 7) is 7.38. The van der Waals surface area contributed by atoms with Crippen LogP contribution in [0.3, 0.4) is 0 Å². The zero-order valence-corrected chi connectivity index (χ0v) is 20.4. The highest BCUT2D eigenvalue weighted by molar-refractivity contribution is 6.03. The summed E-state index contributed by atoms with van der Waals surface area (Å²) in [4.78, 5) is 23.1. The molecule has 3 atom stereocenters. The van der Waals surface area contributed by atoms with Gasteiger partial charge in [-0.1, -0.05) is 6.92 Å². The first kappa shape index (κ1) is 22.5. The van der Waals surface area contributed by atoms with E-state index in [1.165, 1.54) is 18.6 Å². The Morgan fingerprint density at radius 1 is 1.20 bits per heavy atom. The fourth-order valence-corrected chi connectivity index (χ4v) is 5.93. The Morgan fingerprint density at radius 3 is 2.91 bits per heavy atom. The second kappa shape index (κ2) is 8.93. The molecule has 2 fully saturated rings. The van der Waals surface area contributed by atoms with Crippen LogP contribution in [0.4, 0.5) is 4.39 Å². The van der Waals surface area contributed by atoms with Crippen LogP contribution >= 0.6 is 0 Å². The van der Waals surface area contributed by atoms with Gasteiger partial charge >= 0.3 is 0 Å². The van der Waals surface area contributed by atoms with Crippen molar-refractivity contribution in [2.75, 3.05) is 26.4 Å². The van der Waals surface area contributed by atoms with Gasteiger partial charge in [0.1, 0.15) is 23.6 Å². The number of ether oxygens (including phenoxy) is 2. The third-order valence-corrected chi connectivity index (χ3v) is 7.67. The SMILES string of the molecule is CC1=CN2N=C([C@@H]3CCCCN3C(=O)c3cc(F)cc4c3OCOC4)CC2N=C1N1CC[C@H](C)C1. The van der Waals surface area contributed by atoms with Crippen LogP contribution in [0.1, 0.15) is 61.9 Å². The molecule has 0 aromatic heterocycles. The Balaban J connectivity index is 1.25. The van der Waals surface area contributed by atoms with Crippen molar-refractivity contribution in [2.45, 2.75) is 64.8 Å². The standard InChI is InChI=1S/C26H32FN5O3/c1-16-6-8-30(12-16)25-17(2)13-32-23(28-25)11-21(29-32)22-5-3-4-7-31(22)26(33)20-10-19(27)9-18-14-34-15-35-24(18)20/h9-10,13,16,22-23H,3-8,11-12,14-15H2,1-2H3/t16-,22-,23?/m0/s1. The van der Waals surface area contributed by atoms with E-state index in [9.17, 15) is 9.18 Å². The van der Waals surface area contributed by atoms with Gasteiger partial charge in [0.2, 0.25) is 0 Å². The number of benzene rings is 1. The van der Waals surface area contributed by atoms with Crippen LogP contribution in [-0.4, -0.2) is 70.9 Å². The van der Waals surface area contributed by atoms with Crippen LogP contribution in [0.2, 0.25) is 0 Å². The van der Waals surface area contributed by atoms with Gasteiger partial charge in [0.15, 0.2) is 6.79 Å². The number of fused-ring (bicyclic) bond motifs is 2. The van der Waals surface area contributed by atoms with Gasteiger partial charge < -0.3 is 19.3 Å². The first-order valence-electron chi connectivity index (χ1n) is 12.7. The zero-order chi connectivity index (χ0) is 24.1. The van der Waals surface area contributed by atoms with Gasteiger partial charge in [-0.05, 0) is 50.7 Å². The Kier molecular flexibility index (Phi) is 5.75. The maximum atomic E-state index is 14.4. The summed E-state index contributed by atoms with van der Waals surface area (Å²) in [7, 11) is 0. The second-order valence-corrected chi connectivity index (χ2v) is 10.3. The van der Waals surface area contributed by atoms with E-state index in [0.29, 0.717) is 30.2 Å². The fourth-order valence-electron chi connectivity index (χ4n) is 5.93. The molecule has 5 aliphatic heterocycles. The van der Waals surface area contributed by atoms with Crippen LogP contribution in [-0.2, 0) is 11.3 Å². The highest BCUT2D eigenvalue weighted by Crippen LogP contribution is 2.34. The van der Waals surface area contributed by atoms with Gasteiger partial charge in [-0.2, -0.15) is 5.10 Å². The number of nitrogens with zero attached hydrogens (tertiary/aromatic N) is 5. The lowest BCUT2D eigenvalue weighted by Gasteiger charge is -2.36. The molecule has 1 aromatic carbocycles. The molecule has 6 rings (SSSR count). The van der Waals surface area contributed by atoms with Crippen molar-refractivity contribution in [1.82, 2.24) is 14.8 Å². The summed E-state index contributed by atoms with van der Waals surface area (Å²) >= 11 is 0. The number of hydrogen-bond acceptors (Lipinski definition) is 7. The molecule has 1 amide bonds. The van der Waals surface area contributed by atoms with Crippen LogP contribution in [0.15, 0.2) is 34.0 Å². The van der Waals surface area contributed by atoms with E-state index in [4.69, 9.17) is 19.6 Å². The number of rotatable bonds is 2. The summed E-state index contributed by atoms with van der Waals surface area (Å²) in [6, 6.07) is 2.54. The lowest BCUT2D eigenvalue weighted by molar-refractivity contribution is -0.0173. The van der Waals surface area contributed by atoms with E-state index in [2.05, 4.69) is 24.9 Å². The molecule has 9 heteroatoms. The minimum absolute atomic E-state index is 0.0630. The molecule has 1 aromatic rings. The maximum Gasteiger partial charge on any atom is 0.258 e. The van der Waals surface area contributed by atoms with E-state index in [-0.39, 0.29) is 37.1 Å². The molecule has 1 unspecified atom stereocenters. The number of aliphatic imine (C=N–C) groups is 1. The van der Waals surface area contributed by atoms with Crippen molar-refractivity contribution in [3.8, 4) is 5.75 Å². The van der Waals surface area contributed by atoms with Gasteiger partial charge in [0.05, 0.1) is 23.9 Å². The van der Waals surface area contributed by atoms with Crippen LogP contribution in [0.25, 0.3) is 0 Å². The monoisotopic (exact) mass is 481 g/mol. The first-order valence-corrected chi connectivity index (χ1v) is 12.7. The zero-order valence-electron chi connectivity index (χ0n) is 20.4. The van der Waals surface area contributed by atoms with Crippen molar-refractivity contribution in [3.05, 3.63) is 40.8 Å². The molecule has 5 aliphatic rings. The normalized spacial score (nSPS) is 28.1. The Hall–Kier alpha value is -2.94. The maximum absolute atomic E-state index is 14.4. The average molecular weight is 482 g/mol. The van der Waals surface area contributed by atoms with Crippen molar-refractivity contribution in [3.63, 3.8) is 0 Å². The average Bonchev–Trinajstić information content (AvgIpc) is 3.48. The largest absolute Gasteiger partial charge is 0.466 e. The molecule has 186 valence electrons. The van der Waals surface area contributed by atoms with Crippen molar-refractivity contribution in [1.29, 1.82) is 0 Å². The van der Waals surface area contributed by atoms with E-state index in [1.807, 2.05) is 9.91 Å². The molecule has 0 radical (unpaired) electrons. The quantitative estimate of drug-likeness (QED) is 0.644. The van der Waals surface area contributed by atoms with E-state index in [1.54, 1.807) is 0 Å². The Bertz CT molecular complexity index is 1130. The summed E-state index contributed by atoms with van der Waals surface area (Å²) in [6.07, 6.45) is 6.69. The molecule has 0 saturated carbocycles. The number of carbonyl (C=O) groups excluding carboxylic acids is 1. The second-order valence-electron chi connectivity index (χ2n) is 10.3. The van der Waals surface area contributed by atoms with E-state index < -0.39 is 5.82 Å². The summed E-state index contributed by atoms with van der Waals surface area (Å²) < 4.78 is 25.3. The lowest BCUT2D eigenvalue weighted by Crippen LogP contribution is -2.48. The fraction of sp³-hybridized carbons (Fsp3) is 0.577. The molecule has 8 nitrogen and oxygen atoms in total. The molecule has 0 spiro atoms. The van der Waals surface area contributed by atoms with Crippen LogP contribution in [0, 0.1) is 11.7 Å². The van der Waals surface area contributed by atoms with Gasteiger partial charge in [0.25, 0.3) is 5.91 Å². The molecule has 5 heterocycles. The van der Waals surface area contributed by atoms with Crippen molar-refractivity contribution >= 4 is 17.5 Å². The van der Waals surface area contributed by atoms with Gasteiger partial charge in [-0.15, -0.1) is 0 Å². The topological polar surface area (TPSA) is 70.0 Å². The minimum atomic E-state index is -0.455. The van der Waals surface area contributed by atoms with Crippen molar-refractivity contribution in [2.24, 2.45) is 16.0 Å². The van der Waals surface area contributed by atoms with Gasteiger partial charge in [-0.25, -0.2) is 14.4 Å². The molecule has 35 heavy (non-hydrogen) atoms. The van der Waals surface area contributed by atoms with Gasteiger partial charge in [0, 0.05) is 43.4 Å². The van der Waals surface area contributed by atoms with Crippen molar-refractivity contribution < 1.29 is 18.7 Å². The number of piperidine rings is 1. The highest BCUT2D eigenvalue weighted by atomic mass is 19.1. The molecule has 0 bridgehead atoms. The first-order chi connectivity index (χ1) is 17.0. The van der Waals surface area contributed by atoms with E-state index >= 15 is 0 Å². The molecule has 2 saturated heterocycles. The van der Waals surface area contributed by atoms with E-state index in [0.717, 1.165) is 49.5 Å². The summed E-state index contributed by atoms with van der Waals surface area (Å²) in [5.74, 6) is 1.54. The lowest BCUT2D eigenvalue weighted by atomic mass is 9.94. The summed E-state index contributed by atoms with van der Waals surface area (Å²) in [5.41, 5.74) is 2.94. The van der Waals surface area contributed by atoms with Gasteiger partial charge in [-0.3, -0.25) is 4.79 Å². The number of halogens is 1. The predicted molar refractivity (Wildman–Crippen MR) is 130 cm³/mol. The third kappa shape index (κ3) is 4.09. The Labute approximate surface area is 205 Å². The number of hydrogen-bond donors (Lipinski definition) is 0. The number of likely N-dealkylation sites (tertiary alicyclic amines) is 2. The van der Waals surface area contributed by atoms with Crippen LogP contribution in [0.5, 0.6) is 5.75 Å². The molecular formula is C26H32FN5O3. The highest BCUT2D eigenvalue weighted by Gasteiger charge is 2.39. The number of amides is 1. The molecule has 0 aliphatic carbocycles.